The van der Waals surface area contributed by atoms with E-state index in [1.807, 2.05) is 13.8 Å². The second-order valence-electron chi connectivity index (χ2n) is 3.85. The Morgan fingerprint density at radius 2 is 2.07 bits per heavy atom. The van der Waals surface area contributed by atoms with Gasteiger partial charge in [0.2, 0.25) is 0 Å². The van der Waals surface area contributed by atoms with Crippen molar-refractivity contribution in [2.24, 2.45) is 5.92 Å². The summed E-state index contributed by atoms with van der Waals surface area (Å²) in [7, 11) is 0. The first kappa shape index (κ1) is 11.9. The van der Waals surface area contributed by atoms with Gasteiger partial charge >= 0.3 is 6.18 Å². The zero-order chi connectivity index (χ0) is 11.6. The molecule has 1 aromatic heterocycles. The van der Waals surface area contributed by atoms with Gasteiger partial charge in [-0.15, -0.1) is 0 Å². The molecule has 86 valence electrons. The van der Waals surface area contributed by atoms with Crippen LogP contribution in [0.3, 0.4) is 0 Å². The summed E-state index contributed by atoms with van der Waals surface area (Å²) in [6.45, 7) is 4.13. The first-order valence-corrected chi connectivity index (χ1v) is 4.71. The Morgan fingerprint density at radius 3 is 2.53 bits per heavy atom. The minimum Gasteiger partial charge on any atom is -0.396 e. The number of aromatic nitrogens is 2. The molecule has 0 unspecified atom stereocenters. The van der Waals surface area contributed by atoms with E-state index in [1.165, 1.54) is 0 Å². The van der Waals surface area contributed by atoms with Gasteiger partial charge in [-0.25, -0.2) is 0 Å². The molecule has 1 heterocycles. The third-order valence-corrected chi connectivity index (χ3v) is 2.05. The Morgan fingerprint density at radius 1 is 1.47 bits per heavy atom. The van der Waals surface area contributed by atoms with Gasteiger partial charge in [-0.3, -0.25) is 4.68 Å². The molecule has 0 spiro atoms. The van der Waals surface area contributed by atoms with Crippen LogP contribution in [-0.2, 0) is 12.7 Å². The molecule has 0 aliphatic rings. The van der Waals surface area contributed by atoms with E-state index in [1.54, 1.807) is 0 Å². The Bertz CT molecular complexity index is 328. The van der Waals surface area contributed by atoms with Crippen molar-refractivity contribution < 1.29 is 13.2 Å². The van der Waals surface area contributed by atoms with Gasteiger partial charge in [0.1, 0.15) is 0 Å². The summed E-state index contributed by atoms with van der Waals surface area (Å²) in [5, 5.41) is 3.63. The lowest BCUT2D eigenvalue weighted by Crippen LogP contribution is -2.17. The highest BCUT2D eigenvalue weighted by atomic mass is 19.4. The van der Waals surface area contributed by atoms with Crippen LogP contribution in [0.4, 0.5) is 18.9 Å². The van der Waals surface area contributed by atoms with Crippen LogP contribution in [0, 0.1) is 5.92 Å². The van der Waals surface area contributed by atoms with E-state index in [0.717, 1.165) is 10.9 Å². The minimum atomic E-state index is -4.43. The molecule has 0 fully saturated rings. The number of aryl methyl sites for hydroxylation is 1. The number of alkyl halides is 3. The topological polar surface area (TPSA) is 43.8 Å². The Kier molecular flexibility index (Phi) is 3.26. The van der Waals surface area contributed by atoms with Crippen molar-refractivity contribution in [1.29, 1.82) is 0 Å². The number of hydrogen-bond donors (Lipinski definition) is 1. The van der Waals surface area contributed by atoms with E-state index in [9.17, 15) is 13.2 Å². The molecule has 0 radical (unpaired) electrons. The SMILES string of the molecule is CC(C)CCn1ncc(N)c1C(F)(F)F. The summed E-state index contributed by atoms with van der Waals surface area (Å²) >= 11 is 0. The fraction of sp³-hybridized carbons (Fsp3) is 0.667. The molecule has 6 heteroatoms. The van der Waals surface area contributed by atoms with Crippen molar-refractivity contribution in [3.8, 4) is 0 Å². The fourth-order valence-corrected chi connectivity index (χ4v) is 1.26. The molecule has 15 heavy (non-hydrogen) atoms. The highest BCUT2D eigenvalue weighted by Gasteiger charge is 2.37. The molecule has 1 aromatic rings. The molecule has 2 N–H and O–H groups in total. The molecule has 0 aliphatic heterocycles. The minimum absolute atomic E-state index is 0.240. The van der Waals surface area contributed by atoms with Crippen LogP contribution >= 0.6 is 0 Å². The number of nitrogens with zero attached hydrogens (tertiary/aromatic N) is 2. The lowest BCUT2D eigenvalue weighted by Gasteiger charge is -2.12. The standard InChI is InChI=1S/C9H14F3N3/c1-6(2)3-4-15-8(9(10,11)12)7(13)5-14-15/h5-6H,3-4,13H2,1-2H3. The molecule has 0 saturated heterocycles. The number of hydrogen-bond acceptors (Lipinski definition) is 2. The quantitative estimate of drug-likeness (QED) is 0.852. The molecule has 0 aliphatic carbocycles. The van der Waals surface area contributed by atoms with Gasteiger partial charge in [0.05, 0.1) is 11.9 Å². The van der Waals surface area contributed by atoms with Crippen molar-refractivity contribution in [3.63, 3.8) is 0 Å². The first-order chi connectivity index (χ1) is 6.82. The molecular formula is C9H14F3N3. The number of rotatable bonds is 3. The summed E-state index contributed by atoms with van der Waals surface area (Å²) in [4.78, 5) is 0. The smallest absolute Gasteiger partial charge is 0.396 e. The van der Waals surface area contributed by atoms with Crippen molar-refractivity contribution in [2.75, 3.05) is 5.73 Å². The molecule has 0 saturated carbocycles. The van der Waals surface area contributed by atoms with E-state index >= 15 is 0 Å². The van der Waals surface area contributed by atoms with Crippen LogP contribution in [0.15, 0.2) is 6.20 Å². The van der Waals surface area contributed by atoms with Crippen molar-refractivity contribution in [1.82, 2.24) is 9.78 Å². The third-order valence-electron chi connectivity index (χ3n) is 2.05. The molecule has 0 aromatic carbocycles. The summed E-state index contributed by atoms with van der Waals surface area (Å²) in [6.07, 6.45) is -2.75. The maximum atomic E-state index is 12.5. The predicted molar refractivity (Wildman–Crippen MR) is 51.1 cm³/mol. The van der Waals surface area contributed by atoms with Gasteiger partial charge in [-0.05, 0) is 12.3 Å². The average Bonchev–Trinajstić information content (AvgIpc) is 2.42. The third kappa shape index (κ3) is 2.87. The van der Waals surface area contributed by atoms with Gasteiger partial charge in [-0.2, -0.15) is 18.3 Å². The Balaban J connectivity index is 2.89. The molecule has 0 bridgehead atoms. The van der Waals surface area contributed by atoms with Crippen LogP contribution in [0.1, 0.15) is 26.0 Å². The zero-order valence-corrected chi connectivity index (χ0v) is 8.67. The van der Waals surface area contributed by atoms with E-state index in [2.05, 4.69) is 5.10 Å². The lowest BCUT2D eigenvalue weighted by molar-refractivity contribution is -0.143. The van der Waals surface area contributed by atoms with Crippen molar-refractivity contribution in [2.45, 2.75) is 33.0 Å². The monoisotopic (exact) mass is 221 g/mol. The average molecular weight is 221 g/mol. The van der Waals surface area contributed by atoms with Gasteiger partial charge in [0.25, 0.3) is 0 Å². The highest BCUT2D eigenvalue weighted by Crippen LogP contribution is 2.33. The van der Waals surface area contributed by atoms with E-state index in [4.69, 9.17) is 5.73 Å². The Labute approximate surface area is 86.1 Å². The van der Waals surface area contributed by atoms with Crippen molar-refractivity contribution in [3.05, 3.63) is 11.9 Å². The number of nitrogens with two attached hydrogens (primary N) is 1. The molecule has 3 nitrogen and oxygen atoms in total. The summed E-state index contributed by atoms with van der Waals surface area (Å²) in [5.74, 6) is 0.330. The second kappa shape index (κ2) is 4.12. The van der Waals surface area contributed by atoms with E-state index in [-0.39, 0.29) is 12.2 Å². The molecule has 0 atom stereocenters. The van der Waals surface area contributed by atoms with Gasteiger partial charge in [-0.1, -0.05) is 13.8 Å². The van der Waals surface area contributed by atoms with Crippen LogP contribution in [0.2, 0.25) is 0 Å². The first-order valence-electron chi connectivity index (χ1n) is 4.71. The van der Waals surface area contributed by atoms with Gasteiger partial charge < -0.3 is 5.73 Å². The van der Waals surface area contributed by atoms with Crippen LogP contribution in [0.5, 0.6) is 0 Å². The van der Waals surface area contributed by atoms with Gasteiger partial charge in [0.15, 0.2) is 5.69 Å². The molecule has 0 amide bonds. The Hall–Kier alpha value is -1.20. The summed E-state index contributed by atoms with van der Waals surface area (Å²) in [5.41, 5.74) is 4.07. The summed E-state index contributed by atoms with van der Waals surface area (Å²) < 4.78 is 38.5. The number of anilines is 1. The van der Waals surface area contributed by atoms with Crippen LogP contribution in [0.25, 0.3) is 0 Å². The zero-order valence-electron chi connectivity index (χ0n) is 8.67. The molecular weight excluding hydrogens is 207 g/mol. The van der Waals surface area contributed by atoms with E-state index in [0.29, 0.717) is 12.3 Å². The highest BCUT2D eigenvalue weighted by molar-refractivity contribution is 5.42. The van der Waals surface area contributed by atoms with Crippen LogP contribution < -0.4 is 5.73 Å². The maximum absolute atomic E-state index is 12.5. The summed E-state index contributed by atoms with van der Waals surface area (Å²) in [6, 6.07) is 0. The normalized spacial score (nSPS) is 12.4. The fourth-order valence-electron chi connectivity index (χ4n) is 1.26. The second-order valence-corrected chi connectivity index (χ2v) is 3.85. The van der Waals surface area contributed by atoms with Gasteiger partial charge in [0, 0.05) is 6.54 Å². The van der Waals surface area contributed by atoms with Crippen molar-refractivity contribution >= 4 is 5.69 Å². The predicted octanol–water partition coefficient (Wildman–Crippen LogP) is 2.53. The van der Waals surface area contributed by atoms with E-state index < -0.39 is 11.9 Å². The molecule has 1 rings (SSSR count). The number of halogens is 3. The maximum Gasteiger partial charge on any atom is 0.435 e. The number of nitrogen functional groups attached to an aromatic ring is 1. The largest absolute Gasteiger partial charge is 0.435 e. The lowest BCUT2D eigenvalue weighted by atomic mass is 10.1. The van der Waals surface area contributed by atoms with Crippen LogP contribution in [-0.4, -0.2) is 9.78 Å².